The first kappa shape index (κ1) is 17.9. The van der Waals surface area contributed by atoms with E-state index < -0.39 is 0 Å². The van der Waals surface area contributed by atoms with Crippen LogP contribution in [0, 0.1) is 6.92 Å². The van der Waals surface area contributed by atoms with Crippen molar-refractivity contribution in [3.8, 4) is 22.6 Å². The maximum absolute atomic E-state index is 8.58. The van der Waals surface area contributed by atoms with Gasteiger partial charge in [0.25, 0.3) is 0 Å². The van der Waals surface area contributed by atoms with Crippen LogP contribution in [-0.4, -0.2) is 39.0 Å². The molecular formula is C20H20N6O2. The first-order valence-corrected chi connectivity index (χ1v) is 8.94. The first-order valence-electron chi connectivity index (χ1n) is 8.94. The van der Waals surface area contributed by atoms with Crippen LogP contribution >= 0.6 is 0 Å². The smallest absolute Gasteiger partial charge is 0.232 e. The van der Waals surface area contributed by atoms with Crippen molar-refractivity contribution in [1.29, 1.82) is 0 Å². The number of benzene rings is 1. The van der Waals surface area contributed by atoms with Gasteiger partial charge in [-0.3, -0.25) is 9.20 Å². The summed E-state index contributed by atoms with van der Waals surface area (Å²) < 4.78 is 7.53. The molecule has 5 rings (SSSR count). The molecule has 1 saturated heterocycles. The summed E-state index contributed by atoms with van der Waals surface area (Å²) in [6.45, 7) is 3.91. The van der Waals surface area contributed by atoms with Crippen molar-refractivity contribution in [2.45, 2.75) is 12.8 Å². The van der Waals surface area contributed by atoms with Crippen molar-refractivity contribution in [2.24, 2.45) is 5.73 Å². The number of pyridine rings is 1. The number of nitrogens with one attached hydrogen (secondary N) is 1. The summed E-state index contributed by atoms with van der Waals surface area (Å²) in [6.07, 6.45) is 4.18. The monoisotopic (exact) mass is 376 g/mol. The van der Waals surface area contributed by atoms with Gasteiger partial charge in [0.05, 0.1) is 17.8 Å². The Hall–Kier alpha value is -3.52. The van der Waals surface area contributed by atoms with E-state index in [-0.39, 0.29) is 6.41 Å². The summed E-state index contributed by atoms with van der Waals surface area (Å²) in [5.74, 6) is 1.69. The van der Waals surface area contributed by atoms with Gasteiger partial charge in [0.1, 0.15) is 5.65 Å². The molecule has 8 heteroatoms. The number of nitrogens with zero attached hydrogens (tertiary/aromatic N) is 4. The summed E-state index contributed by atoms with van der Waals surface area (Å²) >= 11 is 0. The van der Waals surface area contributed by atoms with Gasteiger partial charge in [-0.2, -0.15) is 4.98 Å². The highest BCUT2D eigenvalue weighted by Gasteiger charge is 2.25. The Bertz CT molecular complexity index is 1110. The van der Waals surface area contributed by atoms with Gasteiger partial charge in [-0.25, -0.2) is 4.98 Å². The zero-order valence-corrected chi connectivity index (χ0v) is 15.4. The number of carbonyl (C=O) groups is 1. The predicted octanol–water partition coefficient (Wildman–Crippen LogP) is 2.15. The average Bonchev–Trinajstić information content (AvgIpc) is 3.29. The minimum absolute atomic E-state index is 0.250. The fourth-order valence-corrected chi connectivity index (χ4v) is 3.15. The first-order chi connectivity index (χ1) is 13.7. The van der Waals surface area contributed by atoms with Gasteiger partial charge in [0.2, 0.25) is 18.1 Å². The fourth-order valence-electron chi connectivity index (χ4n) is 3.15. The fraction of sp³-hybridized carbons (Fsp3) is 0.200. The molecule has 1 aliphatic rings. The number of imidazole rings is 1. The van der Waals surface area contributed by atoms with Crippen molar-refractivity contribution in [1.82, 2.24) is 24.8 Å². The molecule has 0 saturated carbocycles. The molecule has 0 spiro atoms. The van der Waals surface area contributed by atoms with Crippen molar-refractivity contribution < 1.29 is 9.32 Å². The third kappa shape index (κ3) is 3.25. The molecule has 3 aromatic heterocycles. The Balaban J connectivity index is 0.000000604. The molecule has 1 aliphatic heterocycles. The third-order valence-electron chi connectivity index (χ3n) is 4.76. The summed E-state index contributed by atoms with van der Waals surface area (Å²) in [5, 5.41) is 7.39. The van der Waals surface area contributed by atoms with Crippen LogP contribution in [0.15, 0.2) is 53.3 Å². The number of hydrogen-bond acceptors (Lipinski definition) is 6. The number of carbonyl (C=O) groups excluding carboxylic acids is 1. The summed E-state index contributed by atoms with van der Waals surface area (Å²) in [4.78, 5) is 17.7. The Morgan fingerprint density at radius 3 is 2.86 bits per heavy atom. The van der Waals surface area contributed by atoms with Gasteiger partial charge in [0, 0.05) is 30.4 Å². The van der Waals surface area contributed by atoms with Crippen LogP contribution < -0.4 is 11.1 Å². The van der Waals surface area contributed by atoms with Crippen LogP contribution in [0.3, 0.4) is 0 Å². The maximum atomic E-state index is 8.58. The minimum atomic E-state index is 0.250. The maximum Gasteiger partial charge on any atom is 0.232 e. The molecule has 0 bridgehead atoms. The highest BCUT2D eigenvalue weighted by molar-refractivity contribution is 5.72. The van der Waals surface area contributed by atoms with Gasteiger partial charge < -0.3 is 15.6 Å². The molecule has 142 valence electrons. The van der Waals surface area contributed by atoms with Crippen molar-refractivity contribution in [3.05, 3.63) is 60.2 Å². The number of nitrogens with two attached hydrogens (primary N) is 1. The quantitative estimate of drug-likeness (QED) is 0.530. The van der Waals surface area contributed by atoms with Crippen LogP contribution in [0.5, 0.6) is 0 Å². The third-order valence-corrected chi connectivity index (χ3v) is 4.76. The number of aryl methyl sites for hydroxylation is 1. The molecule has 4 heterocycles. The number of hydrogen-bond donors (Lipinski definition) is 2. The molecule has 4 aromatic rings. The number of aromatic nitrogens is 4. The molecule has 8 nitrogen and oxygen atoms in total. The van der Waals surface area contributed by atoms with Gasteiger partial charge in [-0.05, 0) is 30.7 Å². The largest absolute Gasteiger partial charge is 0.372 e. The van der Waals surface area contributed by atoms with Crippen LogP contribution in [0.25, 0.3) is 28.3 Å². The lowest BCUT2D eigenvalue weighted by Gasteiger charge is -2.22. The number of rotatable bonds is 3. The molecule has 1 aromatic carbocycles. The summed E-state index contributed by atoms with van der Waals surface area (Å²) in [5.41, 5.74) is 9.41. The Kier molecular flexibility index (Phi) is 4.86. The van der Waals surface area contributed by atoms with E-state index in [2.05, 4.69) is 49.6 Å². The lowest BCUT2D eigenvalue weighted by atomic mass is 10.0. The number of primary amides is 1. The molecular weight excluding hydrogens is 356 g/mol. The molecule has 3 N–H and O–H groups in total. The molecule has 1 amide bonds. The average molecular weight is 376 g/mol. The van der Waals surface area contributed by atoms with Gasteiger partial charge in [0.15, 0.2) is 0 Å². The predicted molar refractivity (Wildman–Crippen MR) is 105 cm³/mol. The van der Waals surface area contributed by atoms with E-state index in [1.807, 2.05) is 36.7 Å². The normalized spacial score (nSPS) is 13.6. The van der Waals surface area contributed by atoms with Crippen LogP contribution in [0.2, 0.25) is 0 Å². The van der Waals surface area contributed by atoms with Crippen LogP contribution in [0.1, 0.15) is 17.4 Å². The SMILES string of the molecule is Cc1ccc(-c2noc(C3CNC3)n2)cc1-c1cnc2ccccn12.NC=O. The van der Waals surface area contributed by atoms with Gasteiger partial charge in [-0.1, -0.05) is 23.4 Å². The molecule has 0 radical (unpaired) electrons. The van der Waals surface area contributed by atoms with Crippen LogP contribution in [-0.2, 0) is 4.79 Å². The van der Waals surface area contributed by atoms with Crippen molar-refractivity contribution >= 4 is 12.1 Å². The molecule has 0 atom stereocenters. The second kappa shape index (κ2) is 7.61. The highest BCUT2D eigenvalue weighted by Crippen LogP contribution is 2.29. The van der Waals surface area contributed by atoms with E-state index in [4.69, 9.17) is 9.32 Å². The zero-order chi connectivity index (χ0) is 19.5. The van der Waals surface area contributed by atoms with E-state index in [0.717, 1.165) is 35.6 Å². The minimum Gasteiger partial charge on any atom is -0.372 e. The van der Waals surface area contributed by atoms with E-state index in [9.17, 15) is 0 Å². The Labute approximate surface area is 161 Å². The van der Waals surface area contributed by atoms with Gasteiger partial charge in [-0.15, -0.1) is 0 Å². The van der Waals surface area contributed by atoms with Crippen LogP contribution in [0.4, 0.5) is 0 Å². The second-order valence-electron chi connectivity index (χ2n) is 6.55. The molecule has 28 heavy (non-hydrogen) atoms. The molecule has 1 fully saturated rings. The topological polar surface area (TPSA) is 111 Å². The van der Waals surface area contributed by atoms with E-state index in [0.29, 0.717) is 17.6 Å². The van der Waals surface area contributed by atoms with E-state index >= 15 is 0 Å². The lowest BCUT2D eigenvalue weighted by Crippen LogP contribution is -2.40. The van der Waals surface area contributed by atoms with E-state index in [1.165, 1.54) is 5.56 Å². The molecule has 0 unspecified atom stereocenters. The summed E-state index contributed by atoms with van der Waals surface area (Å²) in [6, 6.07) is 12.2. The Morgan fingerprint density at radius 1 is 1.29 bits per heavy atom. The van der Waals surface area contributed by atoms with Crippen molar-refractivity contribution in [2.75, 3.05) is 13.1 Å². The zero-order valence-electron chi connectivity index (χ0n) is 15.4. The number of fused-ring (bicyclic) bond motifs is 1. The van der Waals surface area contributed by atoms with E-state index in [1.54, 1.807) is 0 Å². The Morgan fingerprint density at radius 2 is 2.11 bits per heavy atom. The van der Waals surface area contributed by atoms with Crippen molar-refractivity contribution in [3.63, 3.8) is 0 Å². The highest BCUT2D eigenvalue weighted by atomic mass is 16.5. The number of amides is 1. The lowest BCUT2D eigenvalue weighted by molar-refractivity contribution is -0.106. The standard InChI is InChI=1S/C19H17N5O.CH3NO/c1-12-5-6-13(18-22-19(25-23-18)14-9-20-10-14)8-15(12)16-11-21-17-4-2-3-7-24(16)17;2-1-3/h2-8,11,14,20H,9-10H2,1H3;1H,(H2,2,3). The molecule has 0 aliphatic carbocycles. The summed E-state index contributed by atoms with van der Waals surface area (Å²) in [7, 11) is 0. The second-order valence-corrected chi connectivity index (χ2v) is 6.55. The van der Waals surface area contributed by atoms with Gasteiger partial charge >= 0.3 is 0 Å².